The second-order valence-electron chi connectivity index (χ2n) is 8.04. The van der Waals surface area contributed by atoms with Crippen LogP contribution in [0.4, 0.5) is 11.4 Å². The van der Waals surface area contributed by atoms with E-state index in [2.05, 4.69) is 28.2 Å². The van der Waals surface area contributed by atoms with E-state index in [4.69, 9.17) is 9.47 Å². The smallest absolute Gasteiger partial charge is 0.340 e. The summed E-state index contributed by atoms with van der Waals surface area (Å²) in [5, 5.41) is 3.59. The van der Waals surface area contributed by atoms with Crippen LogP contribution in [0.3, 0.4) is 0 Å². The number of esters is 1. The number of benzene rings is 1. The van der Waals surface area contributed by atoms with Crippen LogP contribution in [-0.2, 0) is 9.47 Å². The fraction of sp³-hybridized carbons (Fsp3) is 0.667. The molecule has 0 aliphatic carbocycles. The van der Waals surface area contributed by atoms with Gasteiger partial charge in [-0.25, -0.2) is 4.79 Å². The maximum absolute atomic E-state index is 12.6. The Morgan fingerprint density at radius 3 is 2.59 bits per heavy atom. The molecule has 1 N–H and O–H groups in total. The molecule has 2 heterocycles. The van der Waals surface area contributed by atoms with Crippen molar-refractivity contribution in [3.63, 3.8) is 0 Å². The number of hydrogen-bond acceptors (Lipinski definition) is 6. The Bertz CT molecular complexity index is 621. The quantitative estimate of drug-likeness (QED) is 0.772. The number of ether oxygens (including phenoxy) is 2. The van der Waals surface area contributed by atoms with E-state index in [1.54, 1.807) is 0 Å². The third kappa shape index (κ3) is 5.59. The van der Waals surface area contributed by atoms with Crippen molar-refractivity contribution in [2.24, 2.45) is 5.92 Å². The molecule has 0 amide bonds. The minimum atomic E-state index is -0.247. The second-order valence-corrected chi connectivity index (χ2v) is 8.04. The predicted molar refractivity (Wildman–Crippen MR) is 109 cm³/mol. The summed E-state index contributed by atoms with van der Waals surface area (Å²) in [6.07, 6.45) is 1.92. The first kappa shape index (κ1) is 20.0. The van der Waals surface area contributed by atoms with Gasteiger partial charge in [0.2, 0.25) is 0 Å². The van der Waals surface area contributed by atoms with Gasteiger partial charge < -0.3 is 24.6 Å². The van der Waals surface area contributed by atoms with Crippen LogP contribution in [0.2, 0.25) is 0 Å². The molecule has 2 saturated heterocycles. The first-order chi connectivity index (χ1) is 13.0. The molecule has 150 valence electrons. The number of nitrogens with one attached hydrogen (secondary N) is 1. The van der Waals surface area contributed by atoms with Crippen LogP contribution in [0.1, 0.15) is 37.0 Å². The van der Waals surface area contributed by atoms with E-state index in [-0.39, 0.29) is 5.97 Å². The van der Waals surface area contributed by atoms with E-state index in [9.17, 15) is 4.79 Å². The lowest BCUT2D eigenvalue weighted by molar-refractivity contribution is 0.0460. The predicted octanol–water partition coefficient (Wildman–Crippen LogP) is 2.84. The van der Waals surface area contributed by atoms with Gasteiger partial charge in [-0.05, 0) is 44.0 Å². The zero-order chi connectivity index (χ0) is 19.2. The molecule has 2 aliphatic rings. The number of likely N-dealkylation sites (N-methyl/N-ethyl adjacent to an activating group) is 1. The molecule has 0 saturated carbocycles. The summed E-state index contributed by atoms with van der Waals surface area (Å²) in [6.45, 7) is 10.2. The van der Waals surface area contributed by atoms with Gasteiger partial charge in [0.15, 0.2) is 0 Å². The molecule has 0 atom stereocenters. The zero-order valence-electron chi connectivity index (χ0n) is 16.9. The zero-order valence-corrected chi connectivity index (χ0v) is 16.9. The monoisotopic (exact) mass is 375 g/mol. The minimum Gasteiger partial charge on any atom is -0.462 e. The van der Waals surface area contributed by atoms with Gasteiger partial charge in [-0.1, -0.05) is 13.8 Å². The minimum absolute atomic E-state index is 0.247. The average molecular weight is 376 g/mol. The largest absolute Gasteiger partial charge is 0.462 e. The summed E-state index contributed by atoms with van der Waals surface area (Å²) in [5.74, 6) is 0.0775. The standard InChI is InChI=1S/C21H33N3O3/c1-16(2)15-27-21(25)19-5-4-18(24-10-8-23(3)9-11-24)14-20(19)22-17-6-12-26-13-7-17/h4-5,14,16-17,22H,6-13,15H2,1-3H3. The highest BCUT2D eigenvalue weighted by atomic mass is 16.5. The van der Waals surface area contributed by atoms with Gasteiger partial charge in [0, 0.05) is 51.1 Å². The van der Waals surface area contributed by atoms with Gasteiger partial charge in [0.1, 0.15) is 0 Å². The fourth-order valence-electron chi connectivity index (χ4n) is 3.47. The molecule has 0 radical (unpaired) electrons. The highest BCUT2D eigenvalue weighted by Gasteiger charge is 2.21. The topological polar surface area (TPSA) is 54.0 Å². The molecule has 0 bridgehead atoms. The molecular formula is C21H33N3O3. The van der Waals surface area contributed by atoms with Crippen molar-refractivity contribution in [3.05, 3.63) is 23.8 Å². The lowest BCUT2D eigenvalue weighted by Crippen LogP contribution is -2.44. The van der Waals surface area contributed by atoms with E-state index in [0.29, 0.717) is 24.1 Å². The van der Waals surface area contributed by atoms with Crippen LogP contribution in [0, 0.1) is 5.92 Å². The van der Waals surface area contributed by atoms with Crippen molar-refractivity contribution in [3.8, 4) is 0 Å². The van der Waals surface area contributed by atoms with Crippen LogP contribution < -0.4 is 10.2 Å². The molecule has 27 heavy (non-hydrogen) atoms. The van der Waals surface area contributed by atoms with Gasteiger partial charge in [-0.2, -0.15) is 0 Å². The molecule has 1 aromatic carbocycles. The summed E-state index contributed by atoms with van der Waals surface area (Å²) in [5.41, 5.74) is 2.67. The van der Waals surface area contributed by atoms with Gasteiger partial charge in [0.25, 0.3) is 0 Å². The van der Waals surface area contributed by atoms with Crippen LogP contribution in [0.15, 0.2) is 18.2 Å². The Labute approximate surface area is 162 Å². The van der Waals surface area contributed by atoms with E-state index in [1.807, 2.05) is 26.0 Å². The van der Waals surface area contributed by atoms with Crippen molar-refractivity contribution < 1.29 is 14.3 Å². The van der Waals surface area contributed by atoms with Crippen molar-refractivity contribution in [2.75, 3.05) is 63.3 Å². The first-order valence-corrected chi connectivity index (χ1v) is 10.1. The Hall–Kier alpha value is -1.79. The molecule has 1 aromatic rings. The number of piperazine rings is 1. The Morgan fingerprint density at radius 2 is 1.93 bits per heavy atom. The third-order valence-corrected chi connectivity index (χ3v) is 5.22. The van der Waals surface area contributed by atoms with Crippen LogP contribution >= 0.6 is 0 Å². The third-order valence-electron chi connectivity index (χ3n) is 5.22. The average Bonchev–Trinajstić information content (AvgIpc) is 2.67. The number of hydrogen-bond donors (Lipinski definition) is 1. The first-order valence-electron chi connectivity index (χ1n) is 10.1. The highest BCUT2D eigenvalue weighted by Crippen LogP contribution is 2.27. The van der Waals surface area contributed by atoms with E-state index in [0.717, 1.165) is 63.6 Å². The highest BCUT2D eigenvalue weighted by molar-refractivity contribution is 5.96. The molecule has 0 aromatic heterocycles. The van der Waals surface area contributed by atoms with Crippen LogP contribution in [0.25, 0.3) is 0 Å². The summed E-state index contributed by atoms with van der Waals surface area (Å²) in [4.78, 5) is 17.4. The van der Waals surface area contributed by atoms with E-state index in [1.165, 1.54) is 0 Å². The van der Waals surface area contributed by atoms with Gasteiger partial charge in [-0.15, -0.1) is 0 Å². The van der Waals surface area contributed by atoms with E-state index >= 15 is 0 Å². The number of rotatable bonds is 6. The Morgan fingerprint density at radius 1 is 1.22 bits per heavy atom. The second kappa shape index (κ2) is 9.42. The summed E-state index contributed by atoms with van der Waals surface area (Å²) in [7, 11) is 2.16. The molecule has 6 heteroatoms. The molecule has 2 fully saturated rings. The van der Waals surface area contributed by atoms with Crippen molar-refractivity contribution >= 4 is 17.3 Å². The molecule has 0 spiro atoms. The van der Waals surface area contributed by atoms with E-state index < -0.39 is 0 Å². The van der Waals surface area contributed by atoms with Crippen molar-refractivity contribution in [1.82, 2.24) is 4.90 Å². The summed E-state index contributed by atoms with van der Waals surface area (Å²) >= 11 is 0. The number of carbonyl (C=O) groups excluding carboxylic acids is 1. The van der Waals surface area contributed by atoms with Gasteiger partial charge in [-0.3, -0.25) is 0 Å². The Balaban J connectivity index is 1.79. The maximum atomic E-state index is 12.6. The SMILES string of the molecule is CC(C)COC(=O)c1ccc(N2CCN(C)CC2)cc1NC1CCOCC1. The summed E-state index contributed by atoms with van der Waals surface area (Å²) in [6, 6.07) is 6.41. The maximum Gasteiger partial charge on any atom is 0.340 e. The fourth-order valence-corrected chi connectivity index (χ4v) is 3.47. The lowest BCUT2D eigenvalue weighted by atomic mass is 10.1. The number of nitrogens with zero attached hydrogens (tertiary/aromatic N) is 2. The molecule has 0 unspecified atom stereocenters. The molecule has 6 nitrogen and oxygen atoms in total. The van der Waals surface area contributed by atoms with Crippen LogP contribution in [0.5, 0.6) is 0 Å². The normalized spacial score (nSPS) is 19.3. The lowest BCUT2D eigenvalue weighted by Gasteiger charge is -2.34. The molecule has 3 rings (SSSR count). The number of carbonyl (C=O) groups is 1. The van der Waals surface area contributed by atoms with Crippen molar-refractivity contribution in [2.45, 2.75) is 32.7 Å². The Kier molecular flexibility index (Phi) is 6.96. The molecule has 2 aliphatic heterocycles. The van der Waals surface area contributed by atoms with Crippen LogP contribution in [-0.4, -0.2) is 70.0 Å². The molecular weight excluding hydrogens is 342 g/mol. The summed E-state index contributed by atoms with van der Waals surface area (Å²) < 4.78 is 11.0. The number of anilines is 2. The van der Waals surface area contributed by atoms with Gasteiger partial charge in [0.05, 0.1) is 17.9 Å². The van der Waals surface area contributed by atoms with Crippen molar-refractivity contribution in [1.29, 1.82) is 0 Å². The van der Waals surface area contributed by atoms with Gasteiger partial charge >= 0.3 is 5.97 Å².